The van der Waals surface area contributed by atoms with E-state index in [0.29, 0.717) is 0 Å². The van der Waals surface area contributed by atoms with Crippen LogP contribution in [-0.4, -0.2) is 45.7 Å². The van der Waals surface area contributed by atoms with Crippen LogP contribution in [0.25, 0.3) is 0 Å². The number of carbonyl (C=O) groups is 1. The van der Waals surface area contributed by atoms with Gasteiger partial charge < -0.3 is 15.3 Å². The number of carbonyl (C=O) groups excluding carboxylic acids is 1. The second kappa shape index (κ2) is 19.4. The van der Waals surface area contributed by atoms with E-state index in [-0.39, 0.29) is 17.9 Å². The van der Waals surface area contributed by atoms with Gasteiger partial charge in [-0.3, -0.25) is 9.69 Å². The molecule has 0 aliphatic rings. The molecule has 0 rings (SSSR count). The molecule has 166 valence electrons. The zero-order valence-corrected chi connectivity index (χ0v) is 18.3. The lowest BCUT2D eigenvalue weighted by molar-refractivity contribution is -0.144. The number of rotatable bonds is 19. The summed E-state index contributed by atoms with van der Waals surface area (Å²) in [5.74, 6) is -0.231. The van der Waals surface area contributed by atoms with Gasteiger partial charge in [0.2, 0.25) is 5.91 Å². The van der Waals surface area contributed by atoms with Gasteiger partial charge in [0.1, 0.15) is 13.5 Å². The summed E-state index contributed by atoms with van der Waals surface area (Å²) in [7, 11) is 0. The first kappa shape index (κ1) is 27.1. The highest BCUT2D eigenvalue weighted by molar-refractivity contribution is 5.78. The Morgan fingerprint density at radius 2 is 1.46 bits per heavy atom. The Balaban J connectivity index is 3.78. The first-order valence-corrected chi connectivity index (χ1v) is 11.4. The molecule has 28 heavy (non-hydrogen) atoms. The molecule has 5 nitrogen and oxygen atoms in total. The molecule has 2 atom stereocenters. The van der Waals surface area contributed by atoms with Crippen molar-refractivity contribution in [3.05, 3.63) is 12.2 Å². The first-order valence-electron chi connectivity index (χ1n) is 11.4. The van der Waals surface area contributed by atoms with Gasteiger partial charge in [0.05, 0.1) is 6.10 Å². The summed E-state index contributed by atoms with van der Waals surface area (Å²) in [6.45, 7) is 3.41. The molecule has 0 saturated carbocycles. The summed E-state index contributed by atoms with van der Waals surface area (Å²) in [6.07, 6.45) is 18.6. The van der Waals surface area contributed by atoms with Crippen molar-refractivity contribution in [1.82, 2.24) is 4.90 Å². The van der Waals surface area contributed by atoms with Crippen molar-refractivity contribution >= 4 is 5.91 Å². The molecule has 0 radical (unpaired) electrons. The van der Waals surface area contributed by atoms with Crippen LogP contribution in [0.4, 0.5) is 0 Å². The monoisotopic (exact) mass is 399 g/mol. The topological polar surface area (TPSA) is 81.0 Å². The van der Waals surface area contributed by atoms with E-state index in [9.17, 15) is 9.90 Å². The van der Waals surface area contributed by atoms with Gasteiger partial charge in [-0.25, -0.2) is 0 Å². The molecule has 0 aromatic rings. The number of hydrogen-bond donors (Lipinski definition) is 3. The van der Waals surface area contributed by atoms with E-state index in [2.05, 4.69) is 26.0 Å². The molecule has 0 aliphatic carbocycles. The van der Waals surface area contributed by atoms with Crippen LogP contribution in [0.15, 0.2) is 12.2 Å². The molecular formula is C23H45NO4. The standard InChI is InChI=1S/C23H45NO4/c1-3-5-6-13-17-22(27)18-14-11-9-7-8-10-12-16-21(15-4-2)23(28)24(19-25)20-26/h11,14,21-22,25-27H,3-10,12-13,15-20H2,1-2H3/b14-11-. The van der Waals surface area contributed by atoms with E-state index >= 15 is 0 Å². The Kier molecular flexibility index (Phi) is 18.8. The molecule has 0 saturated heterocycles. The molecule has 0 aliphatic heterocycles. The largest absolute Gasteiger partial charge is 0.393 e. The lowest BCUT2D eigenvalue weighted by Crippen LogP contribution is -2.37. The fourth-order valence-electron chi connectivity index (χ4n) is 3.48. The van der Waals surface area contributed by atoms with E-state index < -0.39 is 13.5 Å². The maximum atomic E-state index is 12.3. The number of unbranched alkanes of at least 4 members (excludes halogenated alkanes) is 7. The molecule has 0 heterocycles. The predicted octanol–water partition coefficient (Wildman–Crippen LogP) is 4.75. The lowest BCUT2D eigenvalue weighted by atomic mass is 9.94. The van der Waals surface area contributed by atoms with E-state index in [1.165, 1.54) is 19.3 Å². The van der Waals surface area contributed by atoms with Crippen molar-refractivity contribution in [2.45, 2.75) is 110 Å². The van der Waals surface area contributed by atoms with Gasteiger partial charge in [-0.2, -0.15) is 0 Å². The van der Waals surface area contributed by atoms with Gasteiger partial charge in [0.15, 0.2) is 0 Å². The Labute approximate surface area is 172 Å². The van der Waals surface area contributed by atoms with E-state index in [1.807, 2.05) is 0 Å². The zero-order valence-electron chi connectivity index (χ0n) is 18.3. The second-order valence-corrected chi connectivity index (χ2v) is 7.85. The quantitative estimate of drug-likeness (QED) is 0.166. The van der Waals surface area contributed by atoms with Crippen LogP contribution < -0.4 is 0 Å². The first-order chi connectivity index (χ1) is 13.6. The maximum Gasteiger partial charge on any atom is 0.229 e. The fourth-order valence-corrected chi connectivity index (χ4v) is 3.48. The van der Waals surface area contributed by atoms with Gasteiger partial charge in [-0.05, 0) is 38.5 Å². The predicted molar refractivity (Wildman–Crippen MR) is 116 cm³/mol. The minimum Gasteiger partial charge on any atom is -0.393 e. The number of aliphatic hydroxyl groups is 3. The minimum atomic E-state index is -0.421. The smallest absolute Gasteiger partial charge is 0.229 e. The minimum absolute atomic E-state index is 0.0944. The summed E-state index contributed by atoms with van der Waals surface area (Å²) >= 11 is 0. The van der Waals surface area contributed by atoms with Crippen molar-refractivity contribution in [2.24, 2.45) is 5.92 Å². The summed E-state index contributed by atoms with van der Waals surface area (Å²) in [6, 6.07) is 0. The van der Waals surface area contributed by atoms with Gasteiger partial charge in [0.25, 0.3) is 0 Å². The molecule has 0 aromatic heterocycles. The number of allylic oxidation sites excluding steroid dienone is 1. The Morgan fingerprint density at radius 1 is 0.821 bits per heavy atom. The summed E-state index contributed by atoms with van der Waals surface area (Å²) in [5, 5.41) is 28.2. The lowest BCUT2D eigenvalue weighted by Gasteiger charge is -2.23. The third-order valence-corrected chi connectivity index (χ3v) is 5.28. The molecule has 0 fully saturated rings. The van der Waals surface area contributed by atoms with Crippen molar-refractivity contribution in [2.75, 3.05) is 13.5 Å². The van der Waals surface area contributed by atoms with Crippen LogP contribution in [0, 0.1) is 5.92 Å². The average Bonchev–Trinajstić information content (AvgIpc) is 2.69. The van der Waals surface area contributed by atoms with Crippen molar-refractivity contribution in [3.8, 4) is 0 Å². The zero-order chi connectivity index (χ0) is 21.0. The molecule has 3 N–H and O–H groups in total. The highest BCUT2D eigenvalue weighted by Crippen LogP contribution is 2.19. The number of hydrogen-bond acceptors (Lipinski definition) is 4. The van der Waals surface area contributed by atoms with Gasteiger partial charge in [0, 0.05) is 5.92 Å². The third kappa shape index (κ3) is 14.1. The van der Waals surface area contributed by atoms with Crippen LogP contribution in [0.3, 0.4) is 0 Å². The second-order valence-electron chi connectivity index (χ2n) is 7.85. The number of aliphatic hydroxyl groups excluding tert-OH is 3. The van der Waals surface area contributed by atoms with Crippen LogP contribution in [0.5, 0.6) is 0 Å². The highest BCUT2D eigenvalue weighted by atomic mass is 16.3. The van der Waals surface area contributed by atoms with Gasteiger partial charge >= 0.3 is 0 Å². The van der Waals surface area contributed by atoms with Crippen LogP contribution in [0.1, 0.15) is 104 Å². The Bertz CT molecular complexity index is 383. The molecule has 0 aromatic carbocycles. The number of nitrogens with zero attached hydrogens (tertiary/aromatic N) is 1. The molecule has 5 heteroatoms. The van der Waals surface area contributed by atoms with E-state index in [4.69, 9.17) is 10.2 Å². The van der Waals surface area contributed by atoms with Crippen LogP contribution >= 0.6 is 0 Å². The Hall–Kier alpha value is -0.910. The molecular weight excluding hydrogens is 354 g/mol. The summed E-state index contributed by atoms with van der Waals surface area (Å²) in [5.41, 5.74) is 0. The summed E-state index contributed by atoms with van der Waals surface area (Å²) < 4.78 is 0. The molecule has 0 bridgehead atoms. The van der Waals surface area contributed by atoms with Crippen LogP contribution in [0.2, 0.25) is 0 Å². The van der Waals surface area contributed by atoms with Crippen LogP contribution in [-0.2, 0) is 4.79 Å². The SMILES string of the molecule is CCCCCCC(O)C/C=C\CCCCCCC(CCC)C(=O)N(CO)CO. The maximum absolute atomic E-state index is 12.3. The van der Waals surface area contributed by atoms with E-state index in [1.54, 1.807) is 0 Å². The average molecular weight is 400 g/mol. The fraction of sp³-hybridized carbons (Fsp3) is 0.870. The van der Waals surface area contributed by atoms with Gasteiger partial charge in [-0.1, -0.05) is 77.4 Å². The molecule has 0 spiro atoms. The van der Waals surface area contributed by atoms with Gasteiger partial charge in [-0.15, -0.1) is 0 Å². The summed E-state index contributed by atoms with van der Waals surface area (Å²) in [4.78, 5) is 13.4. The third-order valence-electron chi connectivity index (χ3n) is 5.28. The highest BCUT2D eigenvalue weighted by Gasteiger charge is 2.22. The Morgan fingerprint density at radius 3 is 2.11 bits per heavy atom. The van der Waals surface area contributed by atoms with Crippen molar-refractivity contribution in [3.63, 3.8) is 0 Å². The van der Waals surface area contributed by atoms with Crippen molar-refractivity contribution < 1.29 is 20.1 Å². The molecule has 2 unspecified atom stereocenters. The van der Waals surface area contributed by atoms with E-state index in [0.717, 1.165) is 75.5 Å². The van der Waals surface area contributed by atoms with Crippen molar-refractivity contribution in [1.29, 1.82) is 0 Å². The normalized spacial score (nSPS) is 13.8. The number of amides is 1. The molecule has 1 amide bonds.